The van der Waals surface area contributed by atoms with Crippen molar-refractivity contribution in [2.24, 2.45) is 0 Å². The van der Waals surface area contributed by atoms with E-state index < -0.39 is 29.6 Å². The number of nitrogens with zero attached hydrogens (tertiary/aromatic N) is 3. The highest BCUT2D eigenvalue weighted by molar-refractivity contribution is 6.30. The average Bonchev–Trinajstić information content (AvgIpc) is 3.77. The lowest BCUT2D eigenvalue weighted by Crippen LogP contribution is -2.38. The third-order valence-corrected chi connectivity index (χ3v) is 9.37. The smallest absolute Gasteiger partial charge is 0.280 e. The molecule has 3 N–H and O–H groups in total. The number of rotatable bonds is 12. The van der Waals surface area contributed by atoms with E-state index in [2.05, 4.69) is 20.3 Å². The first-order chi connectivity index (χ1) is 25.3. The van der Waals surface area contributed by atoms with Crippen LogP contribution in [-0.2, 0) is 26.3 Å². The Bertz CT molecular complexity index is 2160. The summed E-state index contributed by atoms with van der Waals surface area (Å²) in [5.41, 5.74) is 1.89. The summed E-state index contributed by atoms with van der Waals surface area (Å²) in [7, 11) is 3.23. The lowest BCUT2D eigenvalue weighted by atomic mass is 9.80. The number of imidazole rings is 1. The van der Waals surface area contributed by atoms with Crippen LogP contribution in [-0.4, -0.2) is 63.6 Å². The Kier molecular flexibility index (Phi) is 10.1. The van der Waals surface area contributed by atoms with Gasteiger partial charge in [0, 0.05) is 11.4 Å². The van der Waals surface area contributed by atoms with Gasteiger partial charge >= 0.3 is 0 Å². The van der Waals surface area contributed by atoms with E-state index in [0.717, 1.165) is 22.3 Å². The first kappa shape index (κ1) is 34.9. The first-order valence-electron chi connectivity index (χ1n) is 16.6. The van der Waals surface area contributed by atoms with Gasteiger partial charge in [0.1, 0.15) is 29.4 Å². The molecule has 266 valence electrons. The Labute approximate surface area is 303 Å². The molecule has 0 spiro atoms. The lowest BCUT2D eigenvalue weighted by Gasteiger charge is -2.37. The molecular formula is C39H36ClN5O7. The minimum atomic E-state index is -1.11. The minimum Gasteiger partial charge on any atom is -0.497 e. The van der Waals surface area contributed by atoms with Crippen LogP contribution in [0.3, 0.4) is 0 Å². The van der Waals surface area contributed by atoms with E-state index in [1.165, 1.54) is 6.33 Å². The number of anilines is 1. The molecule has 52 heavy (non-hydrogen) atoms. The highest BCUT2D eigenvalue weighted by Crippen LogP contribution is 2.43. The van der Waals surface area contributed by atoms with Crippen molar-refractivity contribution in [3.8, 4) is 11.5 Å². The number of carbonyl (C=O) groups is 1. The van der Waals surface area contributed by atoms with E-state index in [1.807, 2.05) is 78.9 Å². The SMILES string of the molecule is COc1ccc(C(OC[C@H]2O[C@@H](n3cnc4c(=O)[nH]c(NC(=O)Cc5ccc(Cl)cc5)nc43)C[C@@H]2O)(c2ccccc2)c2ccc(OC)cc2)cc1. The summed E-state index contributed by atoms with van der Waals surface area (Å²) >= 11 is 5.96. The van der Waals surface area contributed by atoms with Gasteiger partial charge in [-0.15, -0.1) is 0 Å². The van der Waals surface area contributed by atoms with Gasteiger partial charge in [0.15, 0.2) is 11.2 Å². The number of aromatic amines is 1. The van der Waals surface area contributed by atoms with Crippen LogP contribution in [0, 0.1) is 0 Å². The Hall–Kier alpha value is -5.53. The average molecular weight is 722 g/mol. The van der Waals surface area contributed by atoms with Crippen molar-refractivity contribution in [1.29, 1.82) is 0 Å². The van der Waals surface area contributed by atoms with Crippen molar-refractivity contribution in [2.75, 3.05) is 26.1 Å². The van der Waals surface area contributed by atoms with Gasteiger partial charge in [-0.2, -0.15) is 4.98 Å². The van der Waals surface area contributed by atoms with Gasteiger partial charge < -0.3 is 24.1 Å². The number of hydrogen-bond acceptors (Lipinski definition) is 9. The van der Waals surface area contributed by atoms with Crippen molar-refractivity contribution >= 4 is 34.6 Å². The molecule has 13 heteroatoms. The maximum atomic E-state index is 13.0. The normalized spacial score (nSPS) is 17.3. The van der Waals surface area contributed by atoms with E-state index >= 15 is 0 Å². The maximum Gasteiger partial charge on any atom is 0.280 e. The van der Waals surface area contributed by atoms with E-state index in [0.29, 0.717) is 16.5 Å². The van der Waals surface area contributed by atoms with Crippen LogP contribution in [0.1, 0.15) is 34.9 Å². The van der Waals surface area contributed by atoms with Gasteiger partial charge in [-0.3, -0.25) is 24.5 Å². The van der Waals surface area contributed by atoms with Crippen molar-refractivity contribution < 1.29 is 28.8 Å². The molecule has 12 nitrogen and oxygen atoms in total. The Morgan fingerprint density at radius 2 is 1.56 bits per heavy atom. The predicted octanol–water partition coefficient (Wildman–Crippen LogP) is 5.63. The molecule has 7 rings (SSSR count). The number of aromatic nitrogens is 4. The summed E-state index contributed by atoms with van der Waals surface area (Å²) in [5, 5.41) is 14.6. The van der Waals surface area contributed by atoms with Crippen LogP contribution in [0.25, 0.3) is 11.2 Å². The van der Waals surface area contributed by atoms with Crippen molar-refractivity contribution in [3.05, 3.63) is 147 Å². The van der Waals surface area contributed by atoms with E-state index in [9.17, 15) is 14.7 Å². The highest BCUT2D eigenvalue weighted by atomic mass is 35.5. The molecule has 1 aliphatic rings. The molecule has 2 aromatic heterocycles. The molecule has 4 aromatic carbocycles. The van der Waals surface area contributed by atoms with Gasteiger partial charge in [-0.1, -0.05) is 78.3 Å². The van der Waals surface area contributed by atoms with E-state index in [1.54, 1.807) is 43.1 Å². The molecule has 1 saturated heterocycles. The molecule has 3 atom stereocenters. The van der Waals surface area contributed by atoms with Crippen LogP contribution in [0.4, 0.5) is 5.95 Å². The molecule has 1 fully saturated rings. The van der Waals surface area contributed by atoms with E-state index in [-0.39, 0.29) is 42.5 Å². The number of amides is 1. The molecular weight excluding hydrogens is 686 g/mol. The maximum absolute atomic E-state index is 13.0. The number of aliphatic hydroxyl groups excluding tert-OH is 1. The predicted molar refractivity (Wildman–Crippen MR) is 195 cm³/mol. The zero-order valence-electron chi connectivity index (χ0n) is 28.4. The summed E-state index contributed by atoms with van der Waals surface area (Å²) in [5.74, 6) is 0.976. The summed E-state index contributed by atoms with van der Waals surface area (Å²) in [6.45, 7) is -0.00271. The van der Waals surface area contributed by atoms with Crippen LogP contribution in [0.5, 0.6) is 11.5 Å². The monoisotopic (exact) mass is 721 g/mol. The van der Waals surface area contributed by atoms with E-state index in [4.69, 9.17) is 30.5 Å². The summed E-state index contributed by atoms with van der Waals surface area (Å²) < 4.78 is 25.9. The number of carbonyl (C=O) groups excluding carboxylic acids is 1. The quantitative estimate of drug-likeness (QED) is 0.137. The Morgan fingerprint density at radius 1 is 0.942 bits per heavy atom. The summed E-state index contributed by atoms with van der Waals surface area (Å²) in [4.78, 5) is 37.1. The number of halogens is 1. The first-order valence-corrected chi connectivity index (χ1v) is 17.0. The molecule has 1 aliphatic heterocycles. The molecule has 0 bridgehead atoms. The lowest BCUT2D eigenvalue weighted by molar-refractivity contribution is -0.115. The number of nitrogens with one attached hydrogen (secondary N) is 2. The zero-order valence-corrected chi connectivity index (χ0v) is 29.1. The second-order valence-corrected chi connectivity index (χ2v) is 12.8. The summed E-state index contributed by atoms with van der Waals surface area (Å²) in [6, 6.07) is 32.1. The second-order valence-electron chi connectivity index (χ2n) is 12.3. The molecule has 0 radical (unpaired) electrons. The molecule has 0 saturated carbocycles. The fourth-order valence-corrected chi connectivity index (χ4v) is 6.60. The molecule has 0 unspecified atom stereocenters. The Morgan fingerprint density at radius 3 is 2.17 bits per heavy atom. The molecule has 1 amide bonds. The van der Waals surface area contributed by atoms with Gasteiger partial charge in [0.05, 0.1) is 39.7 Å². The fourth-order valence-electron chi connectivity index (χ4n) is 6.48. The third-order valence-electron chi connectivity index (χ3n) is 9.12. The van der Waals surface area contributed by atoms with Gasteiger partial charge in [-0.05, 0) is 58.7 Å². The number of fused-ring (bicyclic) bond motifs is 1. The fraction of sp³-hybridized carbons (Fsp3) is 0.231. The van der Waals surface area contributed by atoms with Gasteiger partial charge in [-0.25, -0.2) is 4.98 Å². The largest absolute Gasteiger partial charge is 0.497 e. The minimum absolute atomic E-state index is 0.00271. The van der Waals surface area contributed by atoms with Crippen molar-refractivity contribution in [3.63, 3.8) is 0 Å². The summed E-state index contributed by atoms with van der Waals surface area (Å²) in [6.07, 6.45) is -0.750. The number of hydrogen-bond donors (Lipinski definition) is 3. The zero-order chi connectivity index (χ0) is 36.2. The molecule has 0 aliphatic carbocycles. The Balaban J connectivity index is 1.16. The van der Waals surface area contributed by atoms with Gasteiger partial charge in [0.2, 0.25) is 11.9 Å². The number of H-pyrrole nitrogens is 1. The number of benzene rings is 4. The van der Waals surface area contributed by atoms with Crippen LogP contribution in [0.2, 0.25) is 5.02 Å². The van der Waals surface area contributed by atoms with Crippen molar-refractivity contribution in [1.82, 2.24) is 19.5 Å². The molecule has 6 aromatic rings. The van der Waals surface area contributed by atoms with Crippen LogP contribution >= 0.6 is 11.6 Å². The molecule has 3 heterocycles. The third kappa shape index (κ3) is 7.01. The number of aliphatic hydroxyl groups is 1. The van der Waals surface area contributed by atoms with Crippen LogP contribution in [0.15, 0.2) is 114 Å². The number of ether oxygens (including phenoxy) is 4. The number of methoxy groups -OCH3 is 2. The standard InChI is InChI=1S/C39H36ClN5O7/c1-49-29-16-10-26(11-17-29)39(25-6-4-3-5-7-25,27-12-18-30(50-2)19-13-27)51-22-32-31(46)21-34(52-32)45-23-41-35-36(45)43-38(44-37(35)48)42-33(47)20-24-8-14-28(40)15-9-24/h3-19,23,31-32,34,46H,20-22H2,1-2H3,(H2,42,43,44,47,48)/t31-,32+,34+/m0/s1. The topological polar surface area (TPSA) is 150 Å². The second kappa shape index (κ2) is 15.0. The van der Waals surface area contributed by atoms with Crippen LogP contribution < -0.4 is 20.3 Å². The highest BCUT2D eigenvalue weighted by Gasteiger charge is 2.42. The van der Waals surface area contributed by atoms with Crippen molar-refractivity contribution in [2.45, 2.75) is 36.9 Å². The van der Waals surface area contributed by atoms with Gasteiger partial charge in [0.25, 0.3) is 5.56 Å².